The van der Waals surface area contributed by atoms with Gasteiger partial charge in [0.2, 0.25) is 0 Å². The highest BCUT2D eigenvalue weighted by Gasteiger charge is 2.15. The van der Waals surface area contributed by atoms with Crippen molar-refractivity contribution in [1.82, 2.24) is 0 Å². The molecular weight excluding hydrogens is 324 g/mol. The molecule has 0 aliphatic heterocycles. The summed E-state index contributed by atoms with van der Waals surface area (Å²) in [5.41, 5.74) is 3.23. The maximum absolute atomic E-state index is 12.3. The predicted octanol–water partition coefficient (Wildman–Crippen LogP) is 5.43. The number of carbonyl (C=O) groups excluding carboxylic acids is 2. The second-order valence-corrected chi connectivity index (χ2v) is 7.24. The fourth-order valence-corrected chi connectivity index (χ4v) is 3.02. The molecule has 0 radical (unpaired) electrons. The van der Waals surface area contributed by atoms with Crippen LogP contribution in [0.3, 0.4) is 0 Å². The molecule has 3 nitrogen and oxygen atoms in total. The summed E-state index contributed by atoms with van der Waals surface area (Å²) in [6, 6.07) is 15.5. The van der Waals surface area contributed by atoms with Gasteiger partial charge < -0.3 is 4.74 Å². The van der Waals surface area contributed by atoms with Crippen LogP contribution in [0.4, 0.5) is 0 Å². The molecule has 0 unspecified atom stereocenters. The smallest absolute Gasteiger partial charge is 0.311 e. The number of Topliss-reactive ketones (excluding diaryl/α,β-unsaturated/α-hetero) is 1. The summed E-state index contributed by atoms with van der Waals surface area (Å²) in [7, 11) is 0. The summed E-state index contributed by atoms with van der Waals surface area (Å²) >= 11 is 0. The van der Waals surface area contributed by atoms with Gasteiger partial charge in [-0.15, -0.1) is 0 Å². The molecule has 0 atom stereocenters. The quantitative estimate of drug-likeness (QED) is 0.470. The van der Waals surface area contributed by atoms with E-state index in [4.69, 9.17) is 4.74 Å². The predicted molar refractivity (Wildman–Crippen MR) is 105 cm³/mol. The van der Waals surface area contributed by atoms with Gasteiger partial charge in [0, 0.05) is 12.8 Å². The largest absolute Gasteiger partial charge is 0.426 e. The summed E-state index contributed by atoms with van der Waals surface area (Å²) in [5.74, 6) is 0.936. The third kappa shape index (κ3) is 5.55. The van der Waals surface area contributed by atoms with Gasteiger partial charge in [0.25, 0.3) is 0 Å². The number of ketones is 1. The maximum Gasteiger partial charge on any atom is 0.311 e. The highest BCUT2D eigenvalue weighted by Crippen LogP contribution is 2.26. The van der Waals surface area contributed by atoms with E-state index in [0.29, 0.717) is 18.1 Å². The van der Waals surface area contributed by atoms with Gasteiger partial charge in [-0.1, -0.05) is 70.2 Å². The molecule has 0 saturated heterocycles. The van der Waals surface area contributed by atoms with Crippen molar-refractivity contribution in [3.05, 3.63) is 65.2 Å². The second-order valence-electron chi connectivity index (χ2n) is 7.24. The van der Waals surface area contributed by atoms with Crippen molar-refractivity contribution in [2.45, 2.75) is 58.8 Å². The molecule has 0 aromatic heterocycles. The van der Waals surface area contributed by atoms with Gasteiger partial charge in [-0.2, -0.15) is 0 Å². The third-order valence-electron chi connectivity index (χ3n) is 4.44. The zero-order chi connectivity index (χ0) is 19.1. The highest BCUT2D eigenvalue weighted by atomic mass is 16.5. The molecule has 26 heavy (non-hydrogen) atoms. The minimum Gasteiger partial charge on any atom is -0.426 e. The average molecular weight is 352 g/mol. The van der Waals surface area contributed by atoms with Crippen LogP contribution < -0.4 is 4.74 Å². The molecule has 0 saturated carbocycles. The van der Waals surface area contributed by atoms with Crippen molar-refractivity contribution in [1.29, 1.82) is 0 Å². The molecule has 2 aromatic rings. The van der Waals surface area contributed by atoms with Crippen LogP contribution in [0.15, 0.2) is 48.5 Å². The van der Waals surface area contributed by atoms with E-state index < -0.39 is 0 Å². The van der Waals surface area contributed by atoms with Crippen LogP contribution in [0, 0.1) is 0 Å². The Labute approximate surface area is 156 Å². The van der Waals surface area contributed by atoms with E-state index in [2.05, 4.69) is 33.8 Å². The Morgan fingerprint density at radius 1 is 0.808 bits per heavy atom. The van der Waals surface area contributed by atoms with E-state index in [1.165, 1.54) is 5.56 Å². The monoisotopic (exact) mass is 352 g/mol. The summed E-state index contributed by atoms with van der Waals surface area (Å²) < 4.78 is 5.48. The molecule has 0 spiro atoms. The summed E-state index contributed by atoms with van der Waals surface area (Å²) in [6.07, 6.45) is 0.675. The van der Waals surface area contributed by atoms with E-state index in [-0.39, 0.29) is 30.5 Å². The van der Waals surface area contributed by atoms with Crippen LogP contribution in [0.1, 0.15) is 69.1 Å². The first-order valence-electron chi connectivity index (χ1n) is 9.27. The lowest BCUT2D eigenvalue weighted by Crippen LogP contribution is -2.13. The van der Waals surface area contributed by atoms with Crippen molar-refractivity contribution in [2.75, 3.05) is 0 Å². The molecule has 3 heteroatoms. The van der Waals surface area contributed by atoms with E-state index in [1.54, 1.807) is 6.07 Å². The Bertz CT molecular complexity index is 694. The number of rotatable bonds is 8. The van der Waals surface area contributed by atoms with Crippen LogP contribution in [-0.4, -0.2) is 11.8 Å². The minimum atomic E-state index is -0.358. The molecule has 2 aromatic carbocycles. The Kier molecular flexibility index (Phi) is 7.14. The van der Waals surface area contributed by atoms with Gasteiger partial charge in [-0.3, -0.25) is 9.59 Å². The highest BCUT2D eigenvalue weighted by molar-refractivity contribution is 5.85. The molecule has 0 N–H and O–H groups in total. The van der Waals surface area contributed by atoms with Crippen LogP contribution in [0.2, 0.25) is 0 Å². The van der Waals surface area contributed by atoms with Crippen LogP contribution in [0.5, 0.6) is 5.75 Å². The molecule has 0 aliphatic rings. The summed E-state index contributed by atoms with van der Waals surface area (Å²) in [5, 5.41) is 0. The molecular formula is C23H28O3. The zero-order valence-electron chi connectivity index (χ0n) is 16.1. The zero-order valence-corrected chi connectivity index (χ0v) is 16.1. The average Bonchev–Trinajstić information content (AvgIpc) is 2.60. The lowest BCUT2D eigenvalue weighted by atomic mass is 9.93. The third-order valence-corrected chi connectivity index (χ3v) is 4.44. The standard InChI is InChI=1S/C23H28O3/c1-16(2)20-10-6-5-9-18(20)15-19(24)13-14-23(25)26-22-12-8-7-11-21(22)17(3)4/h5-12,16-17H,13-15H2,1-4H3. The number of ether oxygens (including phenoxy) is 1. The molecule has 138 valence electrons. The molecule has 2 rings (SSSR count). The number of carbonyl (C=O) groups is 2. The van der Waals surface area contributed by atoms with Crippen molar-refractivity contribution in [2.24, 2.45) is 0 Å². The van der Waals surface area contributed by atoms with Crippen LogP contribution in [0.25, 0.3) is 0 Å². The van der Waals surface area contributed by atoms with Gasteiger partial charge in [0.15, 0.2) is 0 Å². The summed E-state index contributed by atoms with van der Waals surface area (Å²) in [4.78, 5) is 24.5. The normalized spacial score (nSPS) is 11.0. The number of hydrogen-bond donors (Lipinski definition) is 0. The Morgan fingerprint density at radius 3 is 2.04 bits per heavy atom. The SMILES string of the molecule is CC(C)c1ccccc1CC(=O)CCC(=O)Oc1ccccc1C(C)C. The first kappa shape index (κ1) is 19.9. The fraction of sp³-hybridized carbons (Fsp3) is 0.391. The van der Waals surface area contributed by atoms with Gasteiger partial charge in [0.05, 0.1) is 6.42 Å². The van der Waals surface area contributed by atoms with Crippen LogP contribution in [-0.2, 0) is 16.0 Å². The van der Waals surface area contributed by atoms with Gasteiger partial charge in [-0.05, 0) is 34.6 Å². The number of esters is 1. The van der Waals surface area contributed by atoms with Gasteiger partial charge in [0.1, 0.15) is 11.5 Å². The lowest BCUT2D eigenvalue weighted by molar-refractivity contribution is -0.136. The Morgan fingerprint density at radius 2 is 1.38 bits per heavy atom. The van der Waals surface area contributed by atoms with E-state index in [1.807, 2.05) is 36.4 Å². The van der Waals surface area contributed by atoms with E-state index >= 15 is 0 Å². The molecule has 0 heterocycles. The first-order valence-corrected chi connectivity index (χ1v) is 9.27. The van der Waals surface area contributed by atoms with Crippen molar-refractivity contribution in [3.8, 4) is 5.75 Å². The molecule has 0 bridgehead atoms. The van der Waals surface area contributed by atoms with Crippen molar-refractivity contribution >= 4 is 11.8 Å². The fourth-order valence-electron chi connectivity index (χ4n) is 3.02. The van der Waals surface area contributed by atoms with Gasteiger partial charge >= 0.3 is 5.97 Å². The number of hydrogen-bond acceptors (Lipinski definition) is 3. The Hall–Kier alpha value is -2.42. The lowest BCUT2D eigenvalue weighted by Gasteiger charge is -2.13. The topological polar surface area (TPSA) is 43.4 Å². The maximum atomic E-state index is 12.3. The minimum absolute atomic E-state index is 0.0622. The van der Waals surface area contributed by atoms with Gasteiger partial charge in [-0.25, -0.2) is 0 Å². The summed E-state index contributed by atoms with van der Waals surface area (Å²) in [6.45, 7) is 8.35. The molecule has 0 fully saturated rings. The van der Waals surface area contributed by atoms with E-state index in [0.717, 1.165) is 11.1 Å². The second kappa shape index (κ2) is 9.33. The van der Waals surface area contributed by atoms with Crippen molar-refractivity contribution in [3.63, 3.8) is 0 Å². The molecule has 0 aliphatic carbocycles. The van der Waals surface area contributed by atoms with Crippen molar-refractivity contribution < 1.29 is 14.3 Å². The van der Waals surface area contributed by atoms with E-state index in [9.17, 15) is 9.59 Å². The molecule has 0 amide bonds. The first-order chi connectivity index (χ1) is 12.4. The number of para-hydroxylation sites is 1. The Balaban J connectivity index is 1.91. The number of benzene rings is 2. The van der Waals surface area contributed by atoms with Crippen LogP contribution >= 0.6 is 0 Å².